The Balaban J connectivity index is 0.00000112. The molecule has 1 aliphatic rings. The zero-order chi connectivity index (χ0) is 10.0. The van der Waals surface area contributed by atoms with Crippen molar-refractivity contribution in [1.29, 1.82) is 0 Å². The zero-order valence-electron chi connectivity index (χ0n) is 9.12. The molecule has 0 radical (unpaired) electrons. The molecule has 15 heavy (non-hydrogen) atoms. The van der Waals surface area contributed by atoms with E-state index in [1.165, 1.54) is 24.1 Å². The highest BCUT2D eigenvalue weighted by Gasteiger charge is 2.30. The molecule has 3 heteroatoms. The molecule has 1 heterocycles. The number of rotatable bonds is 2. The molecule has 1 unspecified atom stereocenters. The van der Waals surface area contributed by atoms with Crippen LogP contribution in [0.4, 0.5) is 5.69 Å². The zero-order valence-corrected chi connectivity index (χ0v) is 11.3. The lowest BCUT2D eigenvalue weighted by Crippen LogP contribution is -3.00. The van der Waals surface area contributed by atoms with Gasteiger partial charge in [0, 0.05) is 12.0 Å². The normalized spacial score (nSPS) is 24.1. The molecule has 2 rings (SSSR count). The van der Waals surface area contributed by atoms with Gasteiger partial charge in [-0.3, -0.25) is 4.48 Å². The average Bonchev–Trinajstić information content (AvgIpc) is 2.19. The van der Waals surface area contributed by atoms with Gasteiger partial charge in [0.2, 0.25) is 0 Å². The lowest BCUT2D eigenvalue weighted by molar-refractivity contribution is -0.00000435. The standard InChI is InChI=1S/C12H18NO.HI/c1-13(9-10-14)8-4-6-11-5-2-3-7-12(11)13;/h2-3,5,7,14H,4,6,8-10H2,1H3;1H/q+1;/p-1. The van der Waals surface area contributed by atoms with Gasteiger partial charge in [-0.05, 0) is 12.5 Å². The fourth-order valence-corrected chi connectivity index (χ4v) is 2.44. The molecule has 0 saturated carbocycles. The number of likely N-dealkylation sites (N-methyl/N-ethyl adjacent to an activating group) is 1. The van der Waals surface area contributed by atoms with Crippen LogP contribution in [-0.2, 0) is 6.42 Å². The lowest BCUT2D eigenvalue weighted by atomic mass is 10.00. The Hall–Kier alpha value is -0.130. The van der Waals surface area contributed by atoms with E-state index in [-0.39, 0.29) is 30.6 Å². The molecule has 0 aliphatic carbocycles. The summed E-state index contributed by atoms with van der Waals surface area (Å²) in [6, 6.07) is 8.61. The maximum absolute atomic E-state index is 9.09. The van der Waals surface area contributed by atoms with Gasteiger partial charge in [-0.25, -0.2) is 0 Å². The van der Waals surface area contributed by atoms with Gasteiger partial charge in [0.15, 0.2) is 0 Å². The number of nitrogens with zero attached hydrogens (tertiary/aromatic N) is 1. The van der Waals surface area contributed by atoms with E-state index in [1.54, 1.807) is 0 Å². The van der Waals surface area contributed by atoms with Crippen LogP contribution in [0.25, 0.3) is 0 Å². The summed E-state index contributed by atoms with van der Waals surface area (Å²) < 4.78 is 0.896. The van der Waals surface area contributed by atoms with Crippen molar-refractivity contribution < 1.29 is 29.1 Å². The third-order valence-electron chi connectivity index (χ3n) is 3.26. The molecule has 1 atom stereocenters. The molecule has 1 aliphatic heterocycles. The molecule has 1 N–H and O–H groups in total. The summed E-state index contributed by atoms with van der Waals surface area (Å²) in [5.74, 6) is 0. The van der Waals surface area contributed by atoms with Crippen LogP contribution < -0.4 is 28.5 Å². The quantitative estimate of drug-likeness (QED) is 0.523. The van der Waals surface area contributed by atoms with E-state index < -0.39 is 0 Å². The predicted molar refractivity (Wildman–Crippen MR) is 59.3 cm³/mol. The van der Waals surface area contributed by atoms with Crippen molar-refractivity contribution in [2.24, 2.45) is 0 Å². The summed E-state index contributed by atoms with van der Waals surface area (Å²) in [7, 11) is 2.22. The molecule has 0 aromatic heterocycles. The predicted octanol–water partition coefficient (Wildman–Crippen LogP) is -1.43. The summed E-state index contributed by atoms with van der Waals surface area (Å²) in [5, 5.41) is 9.09. The molecule has 0 saturated heterocycles. The first kappa shape index (κ1) is 12.9. The van der Waals surface area contributed by atoms with Gasteiger partial charge in [-0.1, -0.05) is 18.2 Å². The van der Waals surface area contributed by atoms with E-state index in [4.69, 9.17) is 5.11 Å². The highest BCUT2D eigenvalue weighted by atomic mass is 127. The summed E-state index contributed by atoms with van der Waals surface area (Å²) in [5.41, 5.74) is 2.85. The molecule has 84 valence electrons. The number of hydrogen-bond donors (Lipinski definition) is 1. The first-order valence-corrected chi connectivity index (χ1v) is 5.30. The van der Waals surface area contributed by atoms with Crippen molar-refractivity contribution in [3.63, 3.8) is 0 Å². The van der Waals surface area contributed by atoms with Crippen molar-refractivity contribution in [3.05, 3.63) is 29.8 Å². The van der Waals surface area contributed by atoms with Crippen LogP contribution in [0.3, 0.4) is 0 Å². The van der Waals surface area contributed by atoms with E-state index in [0.717, 1.165) is 17.6 Å². The number of aliphatic hydroxyl groups is 1. The van der Waals surface area contributed by atoms with Crippen LogP contribution in [-0.4, -0.2) is 31.9 Å². The second-order valence-corrected chi connectivity index (χ2v) is 4.30. The fourth-order valence-electron chi connectivity index (χ4n) is 2.44. The van der Waals surface area contributed by atoms with E-state index in [9.17, 15) is 0 Å². The second-order valence-electron chi connectivity index (χ2n) is 4.30. The monoisotopic (exact) mass is 319 g/mol. The van der Waals surface area contributed by atoms with Gasteiger partial charge in [-0.15, -0.1) is 0 Å². The number of hydrogen-bond acceptors (Lipinski definition) is 1. The number of para-hydroxylation sites is 1. The topological polar surface area (TPSA) is 20.2 Å². The van der Waals surface area contributed by atoms with Crippen LogP contribution in [0.1, 0.15) is 12.0 Å². The van der Waals surface area contributed by atoms with Crippen molar-refractivity contribution in [2.75, 3.05) is 26.7 Å². The minimum absolute atomic E-state index is 0. The van der Waals surface area contributed by atoms with Gasteiger partial charge in [0.25, 0.3) is 0 Å². The Bertz CT molecular complexity index is 329. The minimum Gasteiger partial charge on any atom is -1.00 e. The Morgan fingerprint density at radius 3 is 2.80 bits per heavy atom. The second kappa shape index (κ2) is 5.27. The summed E-state index contributed by atoms with van der Waals surface area (Å²) >= 11 is 0. The first-order chi connectivity index (χ1) is 6.76. The van der Waals surface area contributed by atoms with Crippen LogP contribution in [0, 0.1) is 0 Å². The number of benzene rings is 1. The van der Waals surface area contributed by atoms with Crippen molar-refractivity contribution in [1.82, 2.24) is 4.48 Å². The van der Waals surface area contributed by atoms with Gasteiger partial charge in [-0.2, -0.15) is 0 Å². The molecule has 2 nitrogen and oxygen atoms in total. The summed E-state index contributed by atoms with van der Waals surface area (Å²) in [6.45, 7) is 2.25. The van der Waals surface area contributed by atoms with Crippen LogP contribution in [0.2, 0.25) is 0 Å². The summed E-state index contributed by atoms with van der Waals surface area (Å²) in [4.78, 5) is 0. The van der Waals surface area contributed by atoms with E-state index in [1.807, 2.05) is 0 Å². The van der Waals surface area contributed by atoms with Crippen LogP contribution >= 0.6 is 0 Å². The number of aryl methyl sites for hydroxylation is 1. The van der Waals surface area contributed by atoms with Crippen LogP contribution in [0.15, 0.2) is 24.3 Å². The smallest absolute Gasteiger partial charge is 0.135 e. The van der Waals surface area contributed by atoms with Crippen molar-refractivity contribution in [2.45, 2.75) is 12.8 Å². The highest BCUT2D eigenvalue weighted by molar-refractivity contribution is 5.51. The maximum atomic E-state index is 9.09. The van der Waals surface area contributed by atoms with Crippen molar-refractivity contribution in [3.8, 4) is 0 Å². The number of halogens is 1. The number of quaternary nitrogens is 1. The molecule has 0 amide bonds. The lowest BCUT2D eigenvalue weighted by Gasteiger charge is -2.38. The third kappa shape index (κ3) is 2.52. The Morgan fingerprint density at radius 1 is 1.33 bits per heavy atom. The molecule has 0 fully saturated rings. The molecular formula is C12H18INO. The molecule has 0 spiro atoms. The minimum atomic E-state index is 0. The Labute approximate surface area is 109 Å². The average molecular weight is 319 g/mol. The number of fused-ring (bicyclic) bond motifs is 1. The molecule has 1 aromatic carbocycles. The maximum Gasteiger partial charge on any atom is 0.135 e. The summed E-state index contributed by atoms with van der Waals surface area (Å²) in [6.07, 6.45) is 2.42. The van der Waals surface area contributed by atoms with E-state index in [0.29, 0.717) is 0 Å². The Kier molecular flexibility index (Phi) is 4.55. The van der Waals surface area contributed by atoms with Crippen LogP contribution in [0.5, 0.6) is 0 Å². The molecule has 0 bridgehead atoms. The van der Waals surface area contributed by atoms with E-state index >= 15 is 0 Å². The van der Waals surface area contributed by atoms with Gasteiger partial charge in [0.05, 0.1) is 20.2 Å². The third-order valence-corrected chi connectivity index (χ3v) is 3.26. The van der Waals surface area contributed by atoms with E-state index in [2.05, 4.69) is 31.3 Å². The van der Waals surface area contributed by atoms with Gasteiger partial charge in [0.1, 0.15) is 12.2 Å². The number of aliphatic hydroxyl groups excluding tert-OH is 1. The molecule has 1 aromatic rings. The van der Waals surface area contributed by atoms with Gasteiger partial charge >= 0.3 is 0 Å². The SMILES string of the molecule is C[N+]1(CCO)CCCc2ccccc21.[I-]. The fraction of sp³-hybridized carbons (Fsp3) is 0.500. The van der Waals surface area contributed by atoms with Crippen molar-refractivity contribution >= 4 is 5.69 Å². The van der Waals surface area contributed by atoms with Gasteiger partial charge < -0.3 is 29.1 Å². The Morgan fingerprint density at radius 2 is 2.07 bits per heavy atom. The largest absolute Gasteiger partial charge is 1.00 e. The first-order valence-electron chi connectivity index (χ1n) is 5.30. The molecular weight excluding hydrogens is 301 g/mol. The highest BCUT2D eigenvalue weighted by Crippen LogP contribution is 2.31.